The van der Waals surface area contributed by atoms with Crippen molar-refractivity contribution in [2.24, 2.45) is 0 Å². The molecule has 0 spiro atoms. The van der Waals surface area contributed by atoms with Crippen LogP contribution < -0.4 is 4.90 Å². The van der Waals surface area contributed by atoms with Crippen molar-refractivity contribution in [1.82, 2.24) is 0 Å². The molecule has 0 N–H and O–H groups in total. The van der Waals surface area contributed by atoms with E-state index in [9.17, 15) is 0 Å². The van der Waals surface area contributed by atoms with Crippen LogP contribution in [0.3, 0.4) is 0 Å². The maximum absolute atomic E-state index is 2.37. The molecule has 0 saturated heterocycles. The lowest BCUT2D eigenvalue weighted by Crippen LogP contribution is -2.11. The predicted octanol–water partition coefficient (Wildman–Crippen LogP) is 11.4. The van der Waals surface area contributed by atoms with Crippen molar-refractivity contribution in [3.63, 3.8) is 0 Å². The quantitative estimate of drug-likeness (QED) is 0.204. The van der Waals surface area contributed by atoms with Crippen LogP contribution in [0.4, 0.5) is 17.1 Å². The molecule has 8 aromatic rings. The van der Waals surface area contributed by atoms with Gasteiger partial charge in [-0.3, -0.25) is 0 Å². The number of benzene rings is 8. The Balaban J connectivity index is 1.39. The summed E-state index contributed by atoms with van der Waals surface area (Å²) in [6.45, 7) is 0. The van der Waals surface area contributed by atoms with Crippen LogP contribution in [0.1, 0.15) is 0 Å². The highest BCUT2D eigenvalue weighted by molar-refractivity contribution is 6.25. The molecule has 0 aliphatic rings. The van der Waals surface area contributed by atoms with Gasteiger partial charge < -0.3 is 4.90 Å². The number of para-hydroxylation sites is 2. The lowest BCUT2D eigenvalue weighted by Gasteiger charge is -2.28. The molecular formula is C40H27N. The summed E-state index contributed by atoms with van der Waals surface area (Å²) in [5.41, 5.74) is 8.27. The average Bonchev–Trinajstić information content (AvgIpc) is 3.05. The lowest BCUT2D eigenvalue weighted by atomic mass is 9.88. The number of anilines is 3. The molecule has 1 heteroatoms. The van der Waals surface area contributed by atoms with E-state index in [1.54, 1.807) is 0 Å². The van der Waals surface area contributed by atoms with Crippen molar-refractivity contribution in [2.45, 2.75) is 0 Å². The summed E-state index contributed by atoms with van der Waals surface area (Å²) in [5, 5.41) is 7.86. The molecule has 0 heterocycles. The van der Waals surface area contributed by atoms with Crippen LogP contribution in [0, 0.1) is 0 Å². The highest BCUT2D eigenvalue weighted by Crippen LogP contribution is 2.44. The van der Waals surface area contributed by atoms with Gasteiger partial charge in [0.1, 0.15) is 0 Å². The maximum Gasteiger partial charge on any atom is 0.0540 e. The topological polar surface area (TPSA) is 3.24 Å². The zero-order valence-corrected chi connectivity index (χ0v) is 22.5. The highest BCUT2D eigenvalue weighted by Gasteiger charge is 2.19. The lowest BCUT2D eigenvalue weighted by molar-refractivity contribution is 1.28. The van der Waals surface area contributed by atoms with Crippen molar-refractivity contribution in [3.05, 3.63) is 164 Å². The summed E-state index contributed by atoms with van der Waals surface area (Å²) in [7, 11) is 0. The summed E-state index contributed by atoms with van der Waals surface area (Å²) < 4.78 is 0. The molecule has 0 radical (unpaired) electrons. The summed E-state index contributed by atoms with van der Waals surface area (Å²) in [5.74, 6) is 0. The fourth-order valence-electron chi connectivity index (χ4n) is 6.32. The van der Waals surface area contributed by atoms with Crippen molar-refractivity contribution in [2.75, 3.05) is 4.90 Å². The first kappa shape index (κ1) is 23.5. The Labute approximate surface area is 239 Å². The smallest absolute Gasteiger partial charge is 0.0540 e. The van der Waals surface area contributed by atoms with E-state index in [-0.39, 0.29) is 0 Å². The SMILES string of the molecule is c1ccc(-c2cc(-c3ccc4ccc5cccc6ccc3c4c56)ccc2N(c2ccccc2)c2ccccc2)cc1. The van der Waals surface area contributed by atoms with Crippen molar-refractivity contribution < 1.29 is 0 Å². The fourth-order valence-corrected chi connectivity index (χ4v) is 6.32. The van der Waals surface area contributed by atoms with Gasteiger partial charge >= 0.3 is 0 Å². The van der Waals surface area contributed by atoms with Crippen LogP contribution in [0.25, 0.3) is 54.6 Å². The molecule has 0 amide bonds. The zero-order valence-electron chi connectivity index (χ0n) is 22.5. The molecule has 0 aromatic heterocycles. The molecule has 41 heavy (non-hydrogen) atoms. The summed E-state index contributed by atoms with van der Waals surface area (Å²) in [6.07, 6.45) is 0. The van der Waals surface area contributed by atoms with E-state index in [4.69, 9.17) is 0 Å². The van der Waals surface area contributed by atoms with Crippen LogP contribution >= 0.6 is 0 Å². The summed E-state index contributed by atoms with van der Waals surface area (Å²) >= 11 is 0. The Bertz CT molecular complexity index is 2080. The Morgan fingerprint density at radius 2 is 0.902 bits per heavy atom. The van der Waals surface area contributed by atoms with Gasteiger partial charge in [-0.2, -0.15) is 0 Å². The normalized spacial score (nSPS) is 11.4. The van der Waals surface area contributed by atoms with E-state index < -0.39 is 0 Å². The summed E-state index contributed by atoms with van der Waals surface area (Å²) in [6, 6.07) is 59.2. The van der Waals surface area contributed by atoms with Gasteiger partial charge in [0.2, 0.25) is 0 Å². The summed E-state index contributed by atoms with van der Waals surface area (Å²) in [4.78, 5) is 2.36. The van der Waals surface area contributed by atoms with Gasteiger partial charge in [-0.05, 0) is 85.4 Å². The van der Waals surface area contributed by atoms with Crippen molar-refractivity contribution in [3.8, 4) is 22.3 Å². The monoisotopic (exact) mass is 521 g/mol. The minimum Gasteiger partial charge on any atom is -0.310 e. The van der Waals surface area contributed by atoms with E-state index in [2.05, 4.69) is 169 Å². The van der Waals surface area contributed by atoms with E-state index >= 15 is 0 Å². The third kappa shape index (κ3) is 3.94. The molecular weight excluding hydrogens is 494 g/mol. The van der Waals surface area contributed by atoms with Crippen LogP contribution in [-0.4, -0.2) is 0 Å². The minimum atomic E-state index is 1.13. The molecule has 0 aliphatic carbocycles. The fraction of sp³-hybridized carbons (Fsp3) is 0. The van der Waals surface area contributed by atoms with Crippen LogP contribution in [-0.2, 0) is 0 Å². The standard InChI is InChI=1S/C40H27N/c1-4-11-28(12-5-1)37-27-32(23-26-38(37)41(33-15-6-2-7-16-33)34-17-8-3-9-18-34)35-24-21-31-20-19-29-13-10-14-30-22-25-36(35)40(31)39(29)30/h1-27H. The molecule has 0 unspecified atom stereocenters. The zero-order chi connectivity index (χ0) is 27.2. The second kappa shape index (κ2) is 9.66. The number of hydrogen-bond donors (Lipinski definition) is 0. The first-order valence-corrected chi connectivity index (χ1v) is 14.1. The van der Waals surface area contributed by atoms with Crippen LogP contribution in [0.15, 0.2) is 164 Å². The minimum absolute atomic E-state index is 1.13. The van der Waals surface area contributed by atoms with Gasteiger partial charge in [0.05, 0.1) is 5.69 Å². The van der Waals surface area contributed by atoms with Gasteiger partial charge in [0, 0.05) is 16.9 Å². The molecule has 0 aliphatic heterocycles. The van der Waals surface area contributed by atoms with Gasteiger partial charge in [-0.25, -0.2) is 0 Å². The van der Waals surface area contributed by atoms with E-state index in [1.807, 2.05) is 0 Å². The predicted molar refractivity (Wildman–Crippen MR) is 176 cm³/mol. The number of rotatable bonds is 5. The molecule has 8 aromatic carbocycles. The van der Waals surface area contributed by atoms with Gasteiger partial charge in [0.25, 0.3) is 0 Å². The molecule has 8 rings (SSSR count). The average molecular weight is 522 g/mol. The second-order valence-electron chi connectivity index (χ2n) is 10.6. The Kier molecular flexibility index (Phi) is 5.53. The molecule has 1 nitrogen and oxygen atoms in total. The Morgan fingerprint density at radius 1 is 0.341 bits per heavy atom. The van der Waals surface area contributed by atoms with E-state index in [0.717, 1.165) is 17.1 Å². The largest absolute Gasteiger partial charge is 0.310 e. The first-order valence-electron chi connectivity index (χ1n) is 14.1. The van der Waals surface area contributed by atoms with Gasteiger partial charge in [0.15, 0.2) is 0 Å². The van der Waals surface area contributed by atoms with Gasteiger partial charge in [-0.1, -0.05) is 127 Å². The molecule has 0 bridgehead atoms. The Morgan fingerprint density at radius 3 is 1.56 bits per heavy atom. The molecule has 0 fully saturated rings. The Hall–Kier alpha value is -5.40. The van der Waals surface area contributed by atoms with Crippen LogP contribution in [0.5, 0.6) is 0 Å². The van der Waals surface area contributed by atoms with E-state index in [0.29, 0.717) is 0 Å². The third-order valence-corrected chi connectivity index (χ3v) is 8.19. The first-order chi connectivity index (χ1) is 20.3. The third-order valence-electron chi connectivity index (χ3n) is 8.19. The molecule has 0 atom stereocenters. The highest BCUT2D eigenvalue weighted by atomic mass is 15.1. The molecule has 192 valence electrons. The van der Waals surface area contributed by atoms with Gasteiger partial charge in [-0.15, -0.1) is 0 Å². The second-order valence-corrected chi connectivity index (χ2v) is 10.6. The number of hydrogen-bond acceptors (Lipinski definition) is 1. The van der Waals surface area contributed by atoms with Crippen molar-refractivity contribution >= 4 is 49.4 Å². The van der Waals surface area contributed by atoms with Crippen LogP contribution in [0.2, 0.25) is 0 Å². The molecule has 0 saturated carbocycles. The van der Waals surface area contributed by atoms with E-state index in [1.165, 1.54) is 54.6 Å². The number of nitrogens with zero attached hydrogens (tertiary/aromatic N) is 1. The van der Waals surface area contributed by atoms with Crippen molar-refractivity contribution in [1.29, 1.82) is 0 Å². The maximum atomic E-state index is 2.37.